The fourth-order valence-electron chi connectivity index (χ4n) is 3.45. The lowest BCUT2D eigenvalue weighted by atomic mass is 10.2. The second kappa shape index (κ2) is 8.78. The van der Waals surface area contributed by atoms with E-state index in [1.165, 1.54) is 30.6 Å². The summed E-state index contributed by atoms with van der Waals surface area (Å²) >= 11 is 1.53. The Hall–Kier alpha value is -2.66. The van der Waals surface area contributed by atoms with Gasteiger partial charge in [-0.3, -0.25) is 15.0 Å². The Morgan fingerprint density at radius 3 is 2.90 bits per heavy atom. The zero-order valence-corrected chi connectivity index (χ0v) is 17.2. The molecule has 0 saturated carbocycles. The maximum absolute atomic E-state index is 14.2. The molecule has 0 aliphatic carbocycles. The van der Waals surface area contributed by atoms with Crippen LogP contribution in [0.25, 0.3) is 0 Å². The van der Waals surface area contributed by atoms with Crippen LogP contribution in [0.4, 0.5) is 15.9 Å². The van der Waals surface area contributed by atoms with E-state index >= 15 is 0 Å². The van der Waals surface area contributed by atoms with E-state index in [4.69, 9.17) is 0 Å². The van der Waals surface area contributed by atoms with Crippen LogP contribution < -0.4 is 4.90 Å². The number of methoxy groups -OCH3 is 1. The van der Waals surface area contributed by atoms with Gasteiger partial charge in [0.2, 0.25) is 5.82 Å². The number of pyridine rings is 1. The van der Waals surface area contributed by atoms with Gasteiger partial charge in [-0.25, -0.2) is 19.2 Å². The maximum atomic E-state index is 14.2. The van der Waals surface area contributed by atoms with Crippen LogP contribution in [0.15, 0.2) is 17.6 Å². The molecule has 1 saturated heterocycles. The summed E-state index contributed by atoms with van der Waals surface area (Å²) in [6.45, 7) is 3.12. The van der Waals surface area contributed by atoms with Crippen LogP contribution in [0, 0.1) is 17.0 Å². The quantitative estimate of drug-likeness (QED) is 0.380. The molecule has 1 fully saturated rings. The monoisotopic (exact) mass is 423 g/mol. The van der Waals surface area contributed by atoms with E-state index in [0.717, 1.165) is 10.6 Å². The summed E-state index contributed by atoms with van der Waals surface area (Å²) in [6, 6.07) is 2.34. The van der Waals surface area contributed by atoms with Gasteiger partial charge in [0.25, 0.3) is 0 Å². The van der Waals surface area contributed by atoms with Gasteiger partial charge in [-0.05, 0) is 19.4 Å². The van der Waals surface area contributed by atoms with E-state index in [2.05, 4.69) is 14.7 Å². The lowest BCUT2D eigenvalue weighted by Crippen LogP contribution is -2.39. The zero-order chi connectivity index (χ0) is 21.1. The van der Waals surface area contributed by atoms with Crippen LogP contribution in [-0.4, -0.2) is 65.2 Å². The summed E-state index contributed by atoms with van der Waals surface area (Å²) < 4.78 is 18.8. The number of nitrogens with zero attached hydrogens (tertiary/aromatic N) is 5. The van der Waals surface area contributed by atoms with Crippen LogP contribution in [0.1, 0.15) is 27.5 Å². The fourth-order valence-corrected chi connectivity index (χ4v) is 4.26. The van der Waals surface area contributed by atoms with E-state index in [9.17, 15) is 19.3 Å². The Kier molecular flexibility index (Phi) is 6.38. The largest absolute Gasteiger partial charge is 0.464 e. The Balaban J connectivity index is 1.82. The van der Waals surface area contributed by atoms with Gasteiger partial charge in [0.15, 0.2) is 5.69 Å². The van der Waals surface area contributed by atoms with Crippen molar-refractivity contribution in [2.45, 2.75) is 32.1 Å². The first-order valence-electron chi connectivity index (χ1n) is 9.02. The fraction of sp³-hybridized carbons (Fsp3) is 0.500. The Morgan fingerprint density at radius 2 is 2.28 bits per heavy atom. The van der Waals surface area contributed by atoms with Gasteiger partial charge in [-0.1, -0.05) is 0 Å². The van der Waals surface area contributed by atoms with E-state index in [0.29, 0.717) is 26.1 Å². The molecule has 2 atom stereocenters. The summed E-state index contributed by atoms with van der Waals surface area (Å²) in [5, 5.41) is 11.4. The number of nitro groups is 1. The van der Waals surface area contributed by atoms with Crippen molar-refractivity contribution in [2.24, 2.45) is 0 Å². The number of aryl methyl sites for hydroxylation is 1. The number of rotatable bonds is 7. The molecule has 0 radical (unpaired) electrons. The van der Waals surface area contributed by atoms with Crippen molar-refractivity contribution in [1.82, 2.24) is 14.9 Å². The molecule has 1 aliphatic heterocycles. The van der Waals surface area contributed by atoms with Gasteiger partial charge in [-0.2, -0.15) is 0 Å². The number of hydrogen-bond acceptors (Lipinski definition) is 9. The third kappa shape index (κ3) is 4.67. The standard InChI is InChI=1S/C18H22FN5O4S/c1-11-16(29-10-20-11)9-23-7-12(19)6-13(23)8-22(2)17-15(24(26)27)5-4-14(21-17)18(25)28-3/h4-5,10,12-13H,6-9H2,1-3H3/t12-,13-/m0/s1. The molecule has 9 nitrogen and oxygen atoms in total. The first-order valence-corrected chi connectivity index (χ1v) is 9.90. The molecule has 29 heavy (non-hydrogen) atoms. The molecular formula is C18H22FN5O4S. The minimum atomic E-state index is -0.967. The second-order valence-electron chi connectivity index (χ2n) is 6.95. The lowest BCUT2D eigenvalue weighted by molar-refractivity contribution is -0.384. The van der Waals surface area contributed by atoms with Crippen LogP contribution in [0.5, 0.6) is 0 Å². The van der Waals surface area contributed by atoms with Crippen molar-refractivity contribution >= 4 is 28.8 Å². The first kappa shape index (κ1) is 21.1. The first-order chi connectivity index (χ1) is 13.8. The molecule has 0 amide bonds. The lowest BCUT2D eigenvalue weighted by Gasteiger charge is -2.28. The smallest absolute Gasteiger partial charge is 0.356 e. The zero-order valence-electron chi connectivity index (χ0n) is 16.4. The number of carbonyl (C=O) groups excluding carboxylic acids is 1. The number of anilines is 1. The highest BCUT2D eigenvalue weighted by molar-refractivity contribution is 7.09. The average Bonchev–Trinajstić information content (AvgIpc) is 3.25. The minimum Gasteiger partial charge on any atom is -0.464 e. The van der Waals surface area contributed by atoms with Crippen LogP contribution in [0.3, 0.4) is 0 Å². The summed E-state index contributed by atoms with van der Waals surface area (Å²) in [5.74, 6) is -0.629. The van der Waals surface area contributed by atoms with Crippen molar-refractivity contribution in [3.63, 3.8) is 0 Å². The Labute approximate surface area is 171 Å². The van der Waals surface area contributed by atoms with Crippen molar-refractivity contribution in [2.75, 3.05) is 32.1 Å². The van der Waals surface area contributed by atoms with Gasteiger partial charge in [0, 0.05) is 43.7 Å². The number of hydrogen-bond donors (Lipinski definition) is 0. The van der Waals surface area contributed by atoms with Gasteiger partial charge in [-0.15, -0.1) is 11.3 Å². The van der Waals surface area contributed by atoms with Gasteiger partial charge in [0.1, 0.15) is 6.17 Å². The predicted octanol–water partition coefficient (Wildman–Crippen LogP) is 2.59. The normalized spacial score (nSPS) is 19.3. The van der Waals surface area contributed by atoms with Gasteiger partial charge < -0.3 is 9.64 Å². The summed E-state index contributed by atoms with van der Waals surface area (Å²) in [4.78, 5) is 35.7. The molecule has 0 unspecified atom stereocenters. The highest BCUT2D eigenvalue weighted by Gasteiger charge is 2.34. The summed E-state index contributed by atoms with van der Waals surface area (Å²) in [5.41, 5.74) is 2.44. The SMILES string of the molecule is COC(=O)c1ccc([N+](=O)[O-])c(N(C)C[C@@H]2C[C@H](F)CN2Cc2scnc2C)n1. The third-order valence-corrected chi connectivity index (χ3v) is 5.88. The molecule has 11 heteroatoms. The van der Waals surface area contributed by atoms with E-state index in [1.54, 1.807) is 17.5 Å². The number of likely N-dealkylation sites (N-methyl/N-ethyl adjacent to an activating group) is 1. The average molecular weight is 423 g/mol. The maximum Gasteiger partial charge on any atom is 0.356 e. The number of carbonyl (C=O) groups is 1. The van der Waals surface area contributed by atoms with Crippen molar-refractivity contribution in [3.8, 4) is 0 Å². The molecule has 156 valence electrons. The summed E-state index contributed by atoms with van der Waals surface area (Å²) in [7, 11) is 2.87. The van der Waals surface area contributed by atoms with Crippen molar-refractivity contribution in [1.29, 1.82) is 0 Å². The number of ether oxygens (including phenoxy) is 1. The number of esters is 1. The third-order valence-electron chi connectivity index (χ3n) is 4.96. The molecule has 3 rings (SSSR count). The molecule has 0 spiro atoms. The molecule has 0 bridgehead atoms. The molecule has 0 aromatic carbocycles. The topological polar surface area (TPSA) is 102 Å². The molecule has 1 aliphatic rings. The minimum absolute atomic E-state index is 0.0214. The second-order valence-corrected chi connectivity index (χ2v) is 7.88. The number of thiazole rings is 1. The van der Waals surface area contributed by atoms with Gasteiger partial charge >= 0.3 is 11.7 Å². The molecule has 2 aromatic rings. The van der Waals surface area contributed by atoms with Crippen molar-refractivity contribution < 1.29 is 18.8 Å². The van der Waals surface area contributed by atoms with Crippen LogP contribution >= 0.6 is 11.3 Å². The molecular weight excluding hydrogens is 401 g/mol. The highest BCUT2D eigenvalue weighted by Crippen LogP contribution is 2.29. The van der Waals surface area contributed by atoms with Gasteiger partial charge in [0.05, 0.1) is 23.2 Å². The number of halogens is 1. The van der Waals surface area contributed by atoms with Crippen LogP contribution in [0.2, 0.25) is 0 Å². The number of likely N-dealkylation sites (tertiary alicyclic amines) is 1. The molecule has 0 N–H and O–H groups in total. The molecule has 2 aromatic heterocycles. The van der Waals surface area contributed by atoms with E-state index < -0.39 is 17.1 Å². The Morgan fingerprint density at radius 1 is 1.52 bits per heavy atom. The number of alkyl halides is 1. The van der Waals surface area contributed by atoms with Crippen molar-refractivity contribution in [3.05, 3.63) is 44.0 Å². The predicted molar refractivity (Wildman–Crippen MR) is 106 cm³/mol. The van der Waals surface area contributed by atoms with E-state index in [-0.39, 0.29) is 23.2 Å². The van der Waals surface area contributed by atoms with Crippen LogP contribution in [-0.2, 0) is 11.3 Å². The highest BCUT2D eigenvalue weighted by atomic mass is 32.1. The van der Waals surface area contributed by atoms with E-state index in [1.807, 2.05) is 11.8 Å². The summed E-state index contributed by atoms with van der Waals surface area (Å²) in [6.07, 6.45) is -0.641. The number of aromatic nitrogens is 2. The Bertz CT molecular complexity index is 908. The molecule has 3 heterocycles.